The molecule has 0 radical (unpaired) electrons. The number of rotatable bonds is 4. The maximum atomic E-state index is 12.7. The number of pyridine rings is 1. The quantitative estimate of drug-likeness (QED) is 0.886. The molecule has 0 amide bonds. The van der Waals surface area contributed by atoms with E-state index in [1.54, 1.807) is 24.3 Å². The van der Waals surface area contributed by atoms with Gasteiger partial charge in [-0.15, -0.1) is 0 Å². The van der Waals surface area contributed by atoms with E-state index in [-0.39, 0.29) is 0 Å². The highest BCUT2D eigenvalue weighted by Crippen LogP contribution is 2.31. The minimum atomic E-state index is -4.34. The molecule has 0 aliphatic rings. The van der Waals surface area contributed by atoms with Gasteiger partial charge in [-0.2, -0.15) is 13.2 Å². The van der Waals surface area contributed by atoms with Gasteiger partial charge in [-0.3, -0.25) is 0 Å². The highest BCUT2D eigenvalue weighted by atomic mass is 19.4. The minimum absolute atomic E-state index is 0.458. The lowest BCUT2D eigenvalue weighted by Crippen LogP contribution is -2.05. The molecule has 20 heavy (non-hydrogen) atoms. The third-order valence-electron chi connectivity index (χ3n) is 2.79. The zero-order valence-electron chi connectivity index (χ0n) is 11.0. The van der Waals surface area contributed by atoms with Crippen LogP contribution in [-0.4, -0.2) is 11.5 Å². The molecule has 1 aromatic carbocycles. The predicted octanol–water partition coefficient (Wildman–Crippen LogP) is 4.59. The Morgan fingerprint density at radius 3 is 2.55 bits per heavy atom. The molecule has 2 aromatic rings. The second-order valence-corrected chi connectivity index (χ2v) is 4.41. The van der Waals surface area contributed by atoms with Crippen molar-refractivity contribution >= 4 is 5.82 Å². The van der Waals surface area contributed by atoms with Gasteiger partial charge in [0, 0.05) is 12.1 Å². The number of anilines is 1. The third-order valence-corrected chi connectivity index (χ3v) is 2.79. The smallest absolute Gasteiger partial charge is 0.370 e. The van der Waals surface area contributed by atoms with E-state index in [9.17, 15) is 13.2 Å². The molecule has 106 valence electrons. The van der Waals surface area contributed by atoms with Crippen LogP contribution in [0.15, 0.2) is 42.5 Å². The van der Waals surface area contributed by atoms with Crippen molar-refractivity contribution in [3.05, 3.63) is 48.0 Å². The molecular formula is C15H15F3N2. The SMILES string of the molecule is CCCNc1cccc(-c2cccc(C(F)(F)F)c2)n1. The number of hydrogen-bond acceptors (Lipinski definition) is 2. The number of halogens is 3. The van der Waals surface area contributed by atoms with E-state index < -0.39 is 11.7 Å². The van der Waals surface area contributed by atoms with E-state index in [0.29, 0.717) is 17.1 Å². The Balaban J connectivity index is 2.32. The van der Waals surface area contributed by atoms with Gasteiger partial charge in [0.05, 0.1) is 11.3 Å². The van der Waals surface area contributed by atoms with E-state index in [1.807, 2.05) is 6.92 Å². The summed E-state index contributed by atoms with van der Waals surface area (Å²) in [5.41, 5.74) is 0.320. The molecular weight excluding hydrogens is 265 g/mol. The van der Waals surface area contributed by atoms with Gasteiger partial charge in [-0.05, 0) is 30.7 Å². The summed E-state index contributed by atoms with van der Waals surface area (Å²) < 4.78 is 38.1. The predicted molar refractivity (Wildman–Crippen MR) is 73.5 cm³/mol. The Morgan fingerprint density at radius 2 is 1.85 bits per heavy atom. The van der Waals surface area contributed by atoms with Crippen molar-refractivity contribution < 1.29 is 13.2 Å². The lowest BCUT2D eigenvalue weighted by atomic mass is 10.1. The molecule has 0 saturated carbocycles. The monoisotopic (exact) mass is 280 g/mol. The fraction of sp³-hybridized carbons (Fsp3) is 0.267. The second-order valence-electron chi connectivity index (χ2n) is 4.41. The Bertz CT molecular complexity index is 579. The van der Waals surface area contributed by atoms with Crippen LogP contribution in [0, 0.1) is 0 Å². The number of nitrogens with one attached hydrogen (secondary N) is 1. The molecule has 5 heteroatoms. The van der Waals surface area contributed by atoms with Crippen molar-refractivity contribution in [2.45, 2.75) is 19.5 Å². The summed E-state index contributed by atoms with van der Waals surface area (Å²) in [7, 11) is 0. The van der Waals surface area contributed by atoms with Crippen molar-refractivity contribution in [3.63, 3.8) is 0 Å². The van der Waals surface area contributed by atoms with Gasteiger partial charge in [0.15, 0.2) is 0 Å². The zero-order valence-corrected chi connectivity index (χ0v) is 11.0. The first-order chi connectivity index (χ1) is 9.50. The van der Waals surface area contributed by atoms with Gasteiger partial charge >= 0.3 is 6.18 Å². The lowest BCUT2D eigenvalue weighted by Gasteiger charge is -2.10. The van der Waals surface area contributed by atoms with Crippen molar-refractivity contribution in [2.24, 2.45) is 0 Å². The van der Waals surface area contributed by atoms with Crippen LogP contribution < -0.4 is 5.32 Å². The van der Waals surface area contributed by atoms with Crippen LogP contribution in [0.1, 0.15) is 18.9 Å². The molecule has 1 N–H and O–H groups in total. The van der Waals surface area contributed by atoms with E-state index in [2.05, 4.69) is 10.3 Å². The zero-order chi connectivity index (χ0) is 14.6. The number of aromatic nitrogens is 1. The van der Waals surface area contributed by atoms with Crippen molar-refractivity contribution in [1.29, 1.82) is 0 Å². The summed E-state index contributed by atoms with van der Waals surface area (Å²) >= 11 is 0. The molecule has 0 aliphatic heterocycles. The molecule has 0 spiro atoms. The van der Waals surface area contributed by atoms with Gasteiger partial charge in [0.2, 0.25) is 0 Å². The van der Waals surface area contributed by atoms with Gasteiger partial charge in [0.1, 0.15) is 5.82 Å². The van der Waals surface area contributed by atoms with E-state index >= 15 is 0 Å². The van der Waals surface area contributed by atoms with Crippen LogP contribution in [0.5, 0.6) is 0 Å². The fourth-order valence-electron chi connectivity index (χ4n) is 1.80. The Hall–Kier alpha value is -2.04. The minimum Gasteiger partial charge on any atom is -0.370 e. The molecule has 1 heterocycles. The molecule has 2 rings (SSSR count). The van der Waals surface area contributed by atoms with Crippen LogP contribution >= 0.6 is 0 Å². The average Bonchev–Trinajstić information content (AvgIpc) is 2.45. The first kappa shape index (κ1) is 14.4. The first-order valence-corrected chi connectivity index (χ1v) is 6.39. The summed E-state index contributed by atoms with van der Waals surface area (Å²) in [6.07, 6.45) is -3.39. The number of hydrogen-bond donors (Lipinski definition) is 1. The molecule has 1 aromatic heterocycles. The highest BCUT2D eigenvalue weighted by Gasteiger charge is 2.30. The standard InChI is InChI=1S/C15H15F3N2/c1-2-9-19-14-8-4-7-13(20-14)11-5-3-6-12(10-11)15(16,17)18/h3-8,10H,2,9H2,1H3,(H,19,20). The summed E-state index contributed by atoms with van der Waals surface area (Å²) in [6, 6.07) is 10.5. The summed E-state index contributed by atoms with van der Waals surface area (Å²) in [4.78, 5) is 4.33. The van der Waals surface area contributed by atoms with Gasteiger partial charge in [-0.1, -0.05) is 25.1 Å². The van der Waals surface area contributed by atoms with Crippen molar-refractivity contribution in [3.8, 4) is 11.3 Å². The molecule has 0 aliphatic carbocycles. The molecule has 0 bridgehead atoms. The maximum Gasteiger partial charge on any atom is 0.416 e. The molecule has 0 saturated heterocycles. The summed E-state index contributed by atoms with van der Waals surface area (Å²) in [5.74, 6) is 0.668. The Labute approximate surface area is 115 Å². The lowest BCUT2D eigenvalue weighted by molar-refractivity contribution is -0.137. The number of nitrogens with zero attached hydrogens (tertiary/aromatic N) is 1. The molecule has 0 unspecified atom stereocenters. The second kappa shape index (κ2) is 5.94. The van der Waals surface area contributed by atoms with Crippen LogP contribution in [0.3, 0.4) is 0 Å². The maximum absolute atomic E-state index is 12.7. The normalized spacial score (nSPS) is 11.4. The van der Waals surface area contributed by atoms with Gasteiger partial charge in [0.25, 0.3) is 0 Å². The van der Waals surface area contributed by atoms with E-state index in [1.165, 1.54) is 6.07 Å². The van der Waals surface area contributed by atoms with Gasteiger partial charge < -0.3 is 5.32 Å². The largest absolute Gasteiger partial charge is 0.416 e. The van der Waals surface area contributed by atoms with Crippen LogP contribution in [0.2, 0.25) is 0 Å². The molecule has 0 atom stereocenters. The van der Waals surface area contributed by atoms with Crippen LogP contribution in [0.25, 0.3) is 11.3 Å². The summed E-state index contributed by atoms with van der Waals surface area (Å²) in [5, 5.41) is 3.12. The van der Waals surface area contributed by atoms with Crippen LogP contribution in [-0.2, 0) is 6.18 Å². The fourth-order valence-corrected chi connectivity index (χ4v) is 1.80. The number of benzene rings is 1. The Morgan fingerprint density at radius 1 is 1.10 bits per heavy atom. The topological polar surface area (TPSA) is 24.9 Å². The summed E-state index contributed by atoms with van der Waals surface area (Å²) in [6.45, 7) is 2.81. The van der Waals surface area contributed by atoms with Crippen molar-refractivity contribution in [2.75, 3.05) is 11.9 Å². The number of alkyl halides is 3. The molecule has 0 fully saturated rings. The van der Waals surface area contributed by atoms with E-state index in [4.69, 9.17) is 0 Å². The average molecular weight is 280 g/mol. The van der Waals surface area contributed by atoms with Gasteiger partial charge in [-0.25, -0.2) is 4.98 Å². The first-order valence-electron chi connectivity index (χ1n) is 6.39. The van der Waals surface area contributed by atoms with E-state index in [0.717, 1.165) is 25.1 Å². The third kappa shape index (κ3) is 3.50. The van der Waals surface area contributed by atoms with Crippen LogP contribution in [0.4, 0.5) is 19.0 Å². The van der Waals surface area contributed by atoms with Crippen molar-refractivity contribution in [1.82, 2.24) is 4.98 Å². The Kier molecular flexibility index (Phi) is 4.27. The molecule has 2 nitrogen and oxygen atoms in total. The highest BCUT2D eigenvalue weighted by molar-refractivity contribution is 5.62.